The molecule has 1 aromatic rings. The Balaban J connectivity index is 1.85. The van der Waals surface area contributed by atoms with E-state index in [4.69, 9.17) is 11.6 Å². The molecule has 1 aliphatic carbocycles. The Morgan fingerprint density at radius 2 is 2.28 bits per heavy atom. The third-order valence-electron chi connectivity index (χ3n) is 3.45. The molecule has 2 rings (SSSR count). The highest BCUT2D eigenvalue weighted by molar-refractivity contribution is 7.99. The zero-order valence-electron chi connectivity index (χ0n) is 10.7. The highest BCUT2D eigenvalue weighted by Gasteiger charge is 2.24. The van der Waals surface area contributed by atoms with Crippen LogP contribution in [0.25, 0.3) is 0 Å². The van der Waals surface area contributed by atoms with E-state index in [-0.39, 0.29) is 5.75 Å². The molecule has 18 heavy (non-hydrogen) atoms. The average Bonchev–Trinajstić information content (AvgIpc) is 2.77. The van der Waals surface area contributed by atoms with Crippen molar-refractivity contribution in [1.82, 2.24) is 5.32 Å². The first kappa shape index (κ1) is 14.0. The molecule has 0 bridgehead atoms. The van der Waals surface area contributed by atoms with E-state index < -0.39 is 0 Å². The van der Waals surface area contributed by atoms with Crippen molar-refractivity contribution in [3.05, 3.63) is 28.8 Å². The van der Waals surface area contributed by atoms with Gasteiger partial charge >= 0.3 is 0 Å². The van der Waals surface area contributed by atoms with Crippen LogP contribution in [0.15, 0.2) is 18.2 Å². The second-order valence-electron chi connectivity index (χ2n) is 4.71. The van der Waals surface area contributed by atoms with Crippen molar-refractivity contribution in [3.8, 4) is 5.75 Å². The minimum atomic E-state index is 0.285. The van der Waals surface area contributed by atoms with Crippen molar-refractivity contribution >= 4 is 23.4 Å². The molecule has 100 valence electrons. The summed E-state index contributed by atoms with van der Waals surface area (Å²) in [5.41, 5.74) is 0.811. The van der Waals surface area contributed by atoms with Crippen LogP contribution in [0.4, 0.5) is 0 Å². The summed E-state index contributed by atoms with van der Waals surface area (Å²) in [7, 11) is 0. The molecular formula is C14H20ClNOS. The molecule has 0 aromatic heterocycles. The topological polar surface area (TPSA) is 32.3 Å². The van der Waals surface area contributed by atoms with Crippen molar-refractivity contribution in [2.45, 2.75) is 44.0 Å². The monoisotopic (exact) mass is 285 g/mol. The molecule has 1 aliphatic rings. The van der Waals surface area contributed by atoms with Crippen LogP contribution in [0.3, 0.4) is 0 Å². The minimum absolute atomic E-state index is 0.285. The molecule has 2 atom stereocenters. The highest BCUT2D eigenvalue weighted by atomic mass is 35.5. The van der Waals surface area contributed by atoms with Crippen LogP contribution in [0.5, 0.6) is 5.75 Å². The van der Waals surface area contributed by atoms with Gasteiger partial charge in [-0.05, 0) is 37.1 Å². The van der Waals surface area contributed by atoms with Crippen LogP contribution in [-0.2, 0) is 6.54 Å². The van der Waals surface area contributed by atoms with E-state index in [2.05, 4.69) is 24.0 Å². The van der Waals surface area contributed by atoms with E-state index in [0.717, 1.165) is 10.8 Å². The predicted molar refractivity (Wildman–Crippen MR) is 79.5 cm³/mol. The molecule has 1 saturated carbocycles. The first-order chi connectivity index (χ1) is 8.70. The number of hydrogen-bond donors (Lipinski definition) is 2. The summed E-state index contributed by atoms with van der Waals surface area (Å²) in [5, 5.41) is 14.7. The van der Waals surface area contributed by atoms with Gasteiger partial charge in [-0.25, -0.2) is 0 Å². The summed E-state index contributed by atoms with van der Waals surface area (Å²) in [4.78, 5) is 0. The summed E-state index contributed by atoms with van der Waals surface area (Å²) in [6, 6.07) is 5.84. The Labute approximate surface area is 118 Å². The van der Waals surface area contributed by atoms with E-state index in [9.17, 15) is 5.11 Å². The van der Waals surface area contributed by atoms with E-state index in [1.54, 1.807) is 12.1 Å². The SMILES string of the molecule is CCSC1CCC(NCc2c(O)cccc2Cl)C1. The summed E-state index contributed by atoms with van der Waals surface area (Å²) in [6.07, 6.45) is 3.75. The lowest BCUT2D eigenvalue weighted by Gasteiger charge is -2.14. The van der Waals surface area contributed by atoms with Crippen molar-refractivity contribution in [3.63, 3.8) is 0 Å². The molecule has 0 heterocycles. The molecule has 2 unspecified atom stereocenters. The van der Waals surface area contributed by atoms with Gasteiger partial charge in [0.05, 0.1) is 0 Å². The van der Waals surface area contributed by atoms with E-state index >= 15 is 0 Å². The van der Waals surface area contributed by atoms with Crippen molar-refractivity contribution in [2.24, 2.45) is 0 Å². The normalized spacial score (nSPS) is 23.4. The van der Waals surface area contributed by atoms with Gasteiger partial charge in [0.25, 0.3) is 0 Å². The molecule has 1 aromatic carbocycles. The third-order valence-corrected chi connectivity index (χ3v) is 5.04. The van der Waals surface area contributed by atoms with Crippen molar-refractivity contribution < 1.29 is 5.11 Å². The van der Waals surface area contributed by atoms with Gasteiger partial charge in [0.2, 0.25) is 0 Å². The zero-order chi connectivity index (χ0) is 13.0. The number of nitrogens with one attached hydrogen (secondary N) is 1. The van der Waals surface area contributed by atoms with E-state index in [1.165, 1.54) is 25.0 Å². The van der Waals surface area contributed by atoms with E-state index in [1.807, 2.05) is 6.07 Å². The van der Waals surface area contributed by atoms with Crippen LogP contribution in [0.1, 0.15) is 31.7 Å². The van der Waals surface area contributed by atoms with Gasteiger partial charge in [-0.15, -0.1) is 0 Å². The fourth-order valence-corrected chi connectivity index (χ4v) is 3.86. The zero-order valence-corrected chi connectivity index (χ0v) is 12.2. The van der Waals surface area contributed by atoms with Crippen LogP contribution in [0, 0.1) is 0 Å². The van der Waals surface area contributed by atoms with Crippen LogP contribution in [0.2, 0.25) is 5.02 Å². The Morgan fingerprint density at radius 1 is 1.44 bits per heavy atom. The van der Waals surface area contributed by atoms with Crippen LogP contribution >= 0.6 is 23.4 Å². The molecule has 0 spiro atoms. The summed E-state index contributed by atoms with van der Waals surface area (Å²) >= 11 is 8.14. The second-order valence-corrected chi connectivity index (χ2v) is 6.69. The first-order valence-corrected chi connectivity index (χ1v) is 7.94. The molecule has 2 N–H and O–H groups in total. The molecule has 1 fully saturated rings. The lowest BCUT2D eigenvalue weighted by molar-refractivity contribution is 0.456. The van der Waals surface area contributed by atoms with Crippen LogP contribution in [-0.4, -0.2) is 22.2 Å². The Bertz CT molecular complexity index is 379. The molecule has 4 heteroatoms. The minimum Gasteiger partial charge on any atom is -0.508 e. The standard InChI is InChI=1S/C14H20ClNOS/c1-2-18-11-7-6-10(8-11)16-9-12-13(15)4-3-5-14(12)17/h3-5,10-11,16-17H,2,6-9H2,1H3. The van der Waals surface area contributed by atoms with E-state index in [0.29, 0.717) is 17.6 Å². The lowest BCUT2D eigenvalue weighted by atomic mass is 10.1. The summed E-state index contributed by atoms with van der Waals surface area (Å²) in [6.45, 7) is 2.87. The van der Waals surface area contributed by atoms with Gasteiger partial charge in [0, 0.05) is 28.4 Å². The van der Waals surface area contributed by atoms with Crippen molar-refractivity contribution in [1.29, 1.82) is 0 Å². The maximum atomic E-state index is 9.77. The fraction of sp³-hybridized carbons (Fsp3) is 0.571. The molecule has 0 saturated heterocycles. The largest absolute Gasteiger partial charge is 0.508 e. The van der Waals surface area contributed by atoms with Gasteiger partial charge < -0.3 is 10.4 Å². The summed E-state index contributed by atoms with van der Waals surface area (Å²) in [5.74, 6) is 1.48. The smallest absolute Gasteiger partial charge is 0.121 e. The number of halogens is 1. The number of phenolic OH excluding ortho intramolecular Hbond substituents is 1. The van der Waals surface area contributed by atoms with Gasteiger partial charge in [-0.2, -0.15) is 11.8 Å². The van der Waals surface area contributed by atoms with Gasteiger partial charge in [-0.1, -0.05) is 24.6 Å². The average molecular weight is 286 g/mol. The Kier molecular flexibility index (Phi) is 5.22. The number of phenols is 1. The van der Waals surface area contributed by atoms with Crippen molar-refractivity contribution in [2.75, 3.05) is 5.75 Å². The molecular weight excluding hydrogens is 266 g/mol. The second kappa shape index (κ2) is 6.69. The lowest BCUT2D eigenvalue weighted by Crippen LogP contribution is -2.26. The van der Waals surface area contributed by atoms with Crippen LogP contribution < -0.4 is 5.32 Å². The number of aromatic hydroxyl groups is 1. The quantitative estimate of drug-likeness (QED) is 0.863. The van der Waals surface area contributed by atoms with Gasteiger partial charge in [0.15, 0.2) is 0 Å². The Morgan fingerprint density at radius 3 is 3.00 bits per heavy atom. The number of thioether (sulfide) groups is 1. The number of hydrogen-bond acceptors (Lipinski definition) is 3. The molecule has 0 aliphatic heterocycles. The molecule has 2 nitrogen and oxygen atoms in total. The van der Waals surface area contributed by atoms with Gasteiger partial charge in [-0.3, -0.25) is 0 Å². The fourth-order valence-electron chi connectivity index (χ4n) is 2.48. The number of rotatable bonds is 5. The molecule has 0 amide bonds. The predicted octanol–water partition coefficient (Wildman–Crippen LogP) is 3.81. The third kappa shape index (κ3) is 3.56. The highest BCUT2D eigenvalue weighted by Crippen LogP contribution is 2.31. The first-order valence-electron chi connectivity index (χ1n) is 6.52. The van der Waals surface area contributed by atoms with Gasteiger partial charge in [0.1, 0.15) is 5.75 Å². The maximum absolute atomic E-state index is 9.77. The summed E-state index contributed by atoms with van der Waals surface area (Å²) < 4.78 is 0. The Hall–Kier alpha value is -0.380. The number of benzene rings is 1. The molecule has 0 radical (unpaired) electrons. The maximum Gasteiger partial charge on any atom is 0.121 e.